The van der Waals surface area contributed by atoms with Crippen LogP contribution in [0.5, 0.6) is 0 Å². The Morgan fingerprint density at radius 1 is 1.30 bits per heavy atom. The van der Waals surface area contributed by atoms with Crippen LogP contribution in [0.15, 0.2) is 18.2 Å². The molecule has 23 heavy (non-hydrogen) atoms. The van der Waals surface area contributed by atoms with Gasteiger partial charge in [-0.2, -0.15) is 0 Å². The largest absolute Gasteiger partial charge is 0.356 e. The molecule has 1 fully saturated rings. The van der Waals surface area contributed by atoms with Crippen LogP contribution >= 0.6 is 23.2 Å². The predicted octanol–water partition coefficient (Wildman–Crippen LogP) is 3.30. The van der Waals surface area contributed by atoms with E-state index in [1.807, 2.05) is 13.0 Å². The molecule has 1 unspecified atom stereocenters. The lowest BCUT2D eigenvalue weighted by atomic mass is 9.96. The minimum Gasteiger partial charge on any atom is -0.356 e. The van der Waals surface area contributed by atoms with Crippen molar-refractivity contribution in [2.24, 2.45) is 5.92 Å². The number of likely N-dealkylation sites (tertiary alicyclic amines) is 1. The number of nitrogens with zero attached hydrogens (tertiary/aromatic N) is 1. The van der Waals surface area contributed by atoms with E-state index in [1.165, 1.54) is 0 Å². The molecule has 0 radical (unpaired) electrons. The number of halogens is 2. The zero-order chi connectivity index (χ0) is 16.8. The second-order valence-electron chi connectivity index (χ2n) is 5.90. The van der Waals surface area contributed by atoms with Crippen molar-refractivity contribution in [3.8, 4) is 0 Å². The Hall–Kier alpha value is -1.26. The zero-order valence-electron chi connectivity index (χ0n) is 13.3. The Bertz CT molecular complexity index is 578. The average Bonchev–Trinajstić information content (AvgIpc) is 2.56. The number of benzene rings is 1. The van der Waals surface area contributed by atoms with Gasteiger partial charge in [-0.25, -0.2) is 0 Å². The third-order valence-corrected chi connectivity index (χ3v) is 4.77. The van der Waals surface area contributed by atoms with E-state index >= 15 is 0 Å². The fourth-order valence-electron chi connectivity index (χ4n) is 2.75. The molecule has 1 aliphatic heterocycles. The van der Waals surface area contributed by atoms with E-state index in [2.05, 4.69) is 5.32 Å². The summed E-state index contributed by atoms with van der Waals surface area (Å²) in [5.41, 5.74) is 0.835. The highest BCUT2D eigenvalue weighted by atomic mass is 35.5. The van der Waals surface area contributed by atoms with E-state index in [4.69, 9.17) is 23.2 Å². The molecule has 0 aliphatic carbocycles. The molecule has 0 spiro atoms. The molecular weight excluding hydrogens is 335 g/mol. The minimum absolute atomic E-state index is 0.0244. The average molecular weight is 357 g/mol. The van der Waals surface area contributed by atoms with E-state index in [-0.39, 0.29) is 24.2 Å². The summed E-state index contributed by atoms with van der Waals surface area (Å²) >= 11 is 11.9. The molecule has 1 aliphatic rings. The second-order valence-corrected chi connectivity index (χ2v) is 6.71. The van der Waals surface area contributed by atoms with Crippen LogP contribution in [-0.2, 0) is 16.0 Å². The molecule has 1 aromatic rings. The summed E-state index contributed by atoms with van der Waals surface area (Å²) in [6.45, 7) is 3.91. The number of hydrogen-bond donors (Lipinski definition) is 1. The fraction of sp³-hybridized carbons (Fsp3) is 0.529. The summed E-state index contributed by atoms with van der Waals surface area (Å²) in [7, 11) is 0. The number of piperidine rings is 1. The van der Waals surface area contributed by atoms with Gasteiger partial charge in [-0.15, -0.1) is 0 Å². The third kappa shape index (κ3) is 5.11. The summed E-state index contributed by atoms with van der Waals surface area (Å²) in [6.07, 6.45) is 2.89. The molecule has 2 amide bonds. The fourth-order valence-corrected chi connectivity index (χ4v) is 3.07. The summed E-state index contributed by atoms with van der Waals surface area (Å²) in [6, 6.07) is 5.22. The van der Waals surface area contributed by atoms with Crippen molar-refractivity contribution in [3.63, 3.8) is 0 Å². The lowest BCUT2D eigenvalue weighted by Gasteiger charge is -2.32. The molecule has 4 nitrogen and oxygen atoms in total. The first-order valence-corrected chi connectivity index (χ1v) is 8.76. The molecule has 1 N–H and O–H groups in total. The third-order valence-electron chi connectivity index (χ3n) is 4.03. The number of nitrogens with one attached hydrogen (secondary N) is 1. The first-order valence-electron chi connectivity index (χ1n) is 8.00. The van der Waals surface area contributed by atoms with Gasteiger partial charge in [-0.3, -0.25) is 9.59 Å². The first-order chi connectivity index (χ1) is 11.0. The topological polar surface area (TPSA) is 49.4 Å². The SMILES string of the molecule is CCCNC(=O)C1CCCN(C(=O)Cc2ccc(Cl)c(Cl)c2)C1. The van der Waals surface area contributed by atoms with Gasteiger partial charge in [0.25, 0.3) is 0 Å². The summed E-state index contributed by atoms with van der Waals surface area (Å²) in [5, 5.41) is 3.85. The number of amides is 2. The van der Waals surface area contributed by atoms with Crippen LogP contribution in [-0.4, -0.2) is 36.3 Å². The Kier molecular flexibility index (Phi) is 6.72. The van der Waals surface area contributed by atoms with Gasteiger partial charge in [0.15, 0.2) is 0 Å². The van der Waals surface area contributed by atoms with Crippen molar-refractivity contribution in [1.29, 1.82) is 0 Å². The van der Waals surface area contributed by atoms with Crippen molar-refractivity contribution >= 4 is 35.0 Å². The number of carbonyl (C=O) groups is 2. The quantitative estimate of drug-likeness (QED) is 0.879. The maximum atomic E-state index is 12.5. The number of carbonyl (C=O) groups excluding carboxylic acids is 2. The Morgan fingerprint density at radius 2 is 2.09 bits per heavy atom. The van der Waals surface area contributed by atoms with Crippen LogP contribution in [0.4, 0.5) is 0 Å². The van der Waals surface area contributed by atoms with Crippen molar-refractivity contribution in [2.45, 2.75) is 32.6 Å². The summed E-state index contributed by atoms with van der Waals surface area (Å²) < 4.78 is 0. The molecule has 126 valence electrons. The lowest BCUT2D eigenvalue weighted by Crippen LogP contribution is -2.46. The van der Waals surface area contributed by atoms with E-state index in [0.29, 0.717) is 29.7 Å². The molecule has 0 aromatic heterocycles. The highest BCUT2D eigenvalue weighted by molar-refractivity contribution is 6.42. The van der Waals surface area contributed by atoms with Gasteiger partial charge >= 0.3 is 0 Å². The van der Waals surface area contributed by atoms with Gasteiger partial charge in [-0.1, -0.05) is 36.2 Å². The van der Waals surface area contributed by atoms with Gasteiger partial charge in [0.2, 0.25) is 11.8 Å². The van der Waals surface area contributed by atoms with Crippen LogP contribution in [0.25, 0.3) is 0 Å². The smallest absolute Gasteiger partial charge is 0.227 e. The van der Waals surface area contributed by atoms with Crippen LogP contribution in [0.1, 0.15) is 31.7 Å². The van der Waals surface area contributed by atoms with E-state index in [0.717, 1.165) is 24.8 Å². The normalized spacial score (nSPS) is 17.9. The highest BCUT2D eigenvalue weighted by Crippen LogP contribution is 2.24. The van der Waals surface area contributed by atoms with Crippen LogP contribution < -0.4 is 5.32 Å². The molecule has 1 atom stereocenters. The minimum atomic E-state index is -0.104. The summed E-state index contributed by atoms with van der Waals surface area (Å²) in [4.78, 5) is 26.3. The van der Waals surface area contributed by atoms with Crippen molar-refractivity contribution in [2.75, 3.05) is 19.6 Å². The maximum Gasteiger partial charge on any atom is 0.227 e. The zero-order valence-corrected chi connectivity index (χ0v) is 14.8. The van der Waals surface area contributed by atoms with Crippen molar-refractivity contribution in [3.05, 3.63) is 33.8 Å². The number of hydrogen-bond acceptors (Lipinski definition) is 2. The van der Waals surface area contributed by atoms with Gasteiger partial charge in [0.05, 0.1) is 22.4 Å². The molecule has 1 heterocycles. The second kappa shape index (κ2) is 8.55. The Labute approximate surface area is 147 Å². The predicted molar refractivity (Wildman–Crippen MR) is 92.8 cm³/mol. The van der Waals surface area contributed by atoms with Gasteiger partial charge < -0.3 is 10.2 Å². The molecule has 2 rings (SSSR count). The van der Waals surface area contributed by atoms with E-state index in [1.54, 1.807) is 17.0 Å². The summed E-state index contributed by atoms with van der Waals surface area (Å²) in [5.74, 6) is -0.0247. The highest BCUT2D eigenvalue weighted by Gasteiger charge is 2.28. The molecular formula is C17H22Cl2N2O2. The van der Waals surface area contributed by atoms with Gasteiger partial charge in [0, 0.05) is 19.6 Å². The number of rotatable bonds is 5. The monoisotopic (exact) mass is 356 g/mol. The molecule has 6 heteroatoms. The van der Waals surface area contributed by atoms with Crippen LogP contribution in [0.3, 0.4) is 0 Å². The van der Waals surface area contributed by atoms with Crippen LogP contribution in [0.2, 0.25) is 10.0 Å². The molecule has 1 saturated heterocycles. The van der Waals surface area contributed by atoms with Gasteiger partial charge in [-0.05, 0) is 37.0 Å². The van der Waals surface area contributed by atoms with Crippen molar-refractivity contribution < 1.29 is 9.59 Å². The van der Waals surface area contributed by atoms with Gasteiger partial charge in [0.1, 0.15) is 0 Å². The molecule has 1 aromatic carbocycles. The Morgan fingerprint density at radius 3 is 2.78 bits per heavy atom. The maximum absolute atomic E-state index is 12.5. The van der Waals surface area contributed by atoms with Crippen LogP contribution in [0, 0.1) is 5.92 Å². The van der Waals surface area contributed by atoms with E-state index in [9.17, 15) is 9.59 Å². The first kappa shape index (κ1) is 18.1. The lowest BCUT2D eigenvalue weighted by molar-refractivity contribution is -0.135. The van der Waals surface area contributed by atoms with E-state index < -0.39 is 0 Å². The standard InChI is InChI=1S/C17H22Cl2N2O2/c1-2-7-20-17(23)13-4-3-8-21(11-13)16(22)10-12-5-6-14(18)15(19)9-12/h5-6,9,13H,2-4,7-8,10-11H2,1H3,(H,20,23). The molecule has 0 bridgehead atoms. The molecule has 0 saturated carbocycles. The van der Waals surface area contributed by atoms with Crippen molar-refractivity contribution in [1.82, 2.24) is 10.2 Å². The Balaban J connectivity index is 1.93.